The maximum absolute atomic E-state index is 9.44. The van der Waals surface area contributed by atoms with Crippen LogP contribution in [0.3, 0.4) is 0 Å². The van der Waals surface area contributed by atoms with Crippen LogP contribution in [0.2, 0.25) is 0 Å². The van der Waals surface area contributed by atoms with E-state index >= 15 is 0 Å². The fourth-order valence-electron chi connectivity index (χ4n) is 0. The van der Waals surface area contributed by atoms with Gasteiger partial charge in [-0.05, 0) is 13.8 Å². The Labute approximate surface area is 50.7 Å². The van der Waals surface area contributed by atoms with Crippen molar-refractivity contribution in [3.63, 3.8) is 0 Å². The first-order valence-corrected chi connectivity index (χ1v) is 2.35. The molecule has 8 heavy (non-hydrogen) atoms. The van der Waals surface area contributed by atoms with Crippen LogP contribution in [0.25, 0.3) is 0 Å². The lowest BCUT2D eigenvalue weighted by molar-refractivity contribution is -0.114. The first-order chi connectivity index (χ1) is 3.65. The molecule has 0 aromatic rings. The lowest BCUT2D eigenvalue weighted by Crippen LogP contribution is -1.69. The van der Waals surface area contributed by atoms with Gasteiger partial charge in [0.2, 0.25) is 0 Å². The minimum atomic E-state index is 0.167. The van der Waals surface area contributed by atoms with Crippen molar-refractivity contribution in [1.29, 1.82) is 0 Å². The quantitative estimate of drug-likeness (QED) is 0.474. The Bertz CT molecular complexity index is 72.4. The van der Waals surface area contributed by atoms with E-state index in [-0.39, 0.29) is 5.78 Å². The molecule has 1 heteroatoms. The average Bonchev–Trinajstić information content (AvgIpc) is 1.65. The zero-order valence-electron chi connectivity index (χ0n) is 5.48. The summed E-state index contributed by atoms with van der Waals surface area (Å²) in [6.45, 7) is 9.78. The zero-order valence-corrected chi connectivity index (χ0v) is 5.48. The van der Waals surface area contributed by atoms with E-state index in [1.807, 2.05) is 0 Å². The molecule has 0 fully saturated rings. The Balaban J connectivity index is 0. The van der Waals surface area contributed by atoms with Gasteiger partial charge in [-0.2, -0.15) is 0 Å². The number of hydrogen-bond donors (Lipinski definition) is 0. The first kappa shape index (κ1) is 10.2. The van der Waals surface area contributed by atoms with Crippen molar-refractivity contribution in [3.05, 3.63) is 25.3 Å². The highest BCUT2D eigenvalue weighted by molar-refractivity contribution is 5.72. The molecule has 0 aliphatic rings. The highest BCUT2D eigenvalue weighted by atomic mass is 16.1. The summed E-state index contributed by atoms with van der Waals surface area (Å²) in [5.74, 6) is 0.167. The third-order valence-corrected chi connectivity index (χ3v) is 0.167. The molecule has 0 N–H and O–H groups in total. The predicted molar refractivity (Wildman–Crippen MR) is 36.7 cm³/mol. The van der Waals surface area contributed by atoms with Gasteiger partial charge in [0.1, 0.15) is 5.78 Å². The smallest absolute Gasteiger partial charge is 0.126 e. The average molecular weight is 112 g/mol. The molecule has 0 aliphatic heterocycles. The molecule has 0 spiro atoms. The van der Waals surface area contributed by atoms with E-state index in [0.717, 1.165) is 0 Å². The number of hydrogen-bond acceptors (Lipinski definition) is 1. The lowest BCUT2D eigenvalue weighted by atomic mass is 10.6. The van der Waals surface area contributed by atoms with Crippen LogP contribution in [0, 0.1) is 0 Å². The Hall–Kier alpha value is -0.850. The van der Waals surface area contributed by atoms with E-state index < -0.39 is 0 Å². The molecule has 0 rings (SSSR count). The monoisotopic (exact) mass is 112 g/mol. The number of rotatable bonds is 1. The fraction of sp³-hybridized carbons (Fsp3) is 0.286. The lowest BCUT2D eigenvalue weighted by Gasteiger charge is -1.56. The fourth-order valence-corrected chi connectivity index (χ4v) is 0. The van der Waals surface area contributed by atoms with Gasteiger partial charge < -0.3 is 4.79 Å². The van der Waals surface area contributed by atoms with Gasteiger partial charge in [-0.25, -0.2) is 0 Å². The second kappa shape index (κ2) is 9.47. The number of ketones is 1. The van der Waals surface area contributed by atoms with Crippen LogP contribution in [0.1, 0.15) is 13.8 Å². The van der Waals surface area contributed by atoms with Crippen molar-refractivity contribution in [1.82, 2.24) is 0 Å². The molecular weight excluding hydrogens is 100 g/mol. The largest absolute Gasteiger partial charge is 0.300 e. The number of carbonyl (C=O) groups excluding carboxylic acids is 1. The summed E-state index contributed by atoms with van der Waals surface area (Å²) < 4.78 is 0. The summed E-state index contributed by atoms with van der Waals surface area (Å²) in [6.07, 6.45) is 3.28. The van der Waals surface area contributed by atoms with Crippen molar-refractivity contribution < 1.29 is 4.79 Å². The molecule has 0 saturated heterocycles. The summed E-state index contributed by atoms with van der Waals surface area (Å²) in [4.78, 5) is 9.44. The van der Waals surface area contributed by atoms with Gasteiger partial charge in [-0.15, -0.1) is 0 Å². The summed E-state index contributed by atoms with van der Waals surface area (Å²) in [5.41, 5.74) is 0. The Morgan fingerprint density at radius 3 is 1.38 bits per heavy atom. The van der Waals surface area contributed by atoms with Crippen molar-refractivity contribution in [2.75, 3.05) is 0 Å². The molecule has 0 saturated carbocycles. The number of Topliss-reactive ketones (excluding diaryl/α,β-unsaturated/α-hetero) is 1. The molecule has 0 aromatic heterocycles. The molecule has 0 radical (unpaired) electrons. The second-order valence-corrected chi connectivity index (χ2v) is 1.38. The summed E-state index contributed by atoms with van der Waals surface area (Å²) in [7, 11) is 0. The number of allylic oxidation sites excluding steroid dienone is 2. The third kappa shape index (κ3) is 3940. The highest BCUT2D eigenvalue weighted by Gasteiger charge is 1.62. The highest BCUT2D eigenvalue weighted by Crippen LogP contribution is 1.52. The standard InChI is InChI=1S/C4H6.C3H6O/c1-3-4-2;1-3(2)4/h3-4H,1-2H2;1-2H3. The topological polar surface area (TPSA) is 17.1 Å². The van der Waals surface area contributed by atoms with Gasteiger partial charge in [0.25, 0.3) is 0 Å². The molecule has 0 amide bonds. The molecule has 46 valence electrons. The first-order valence-electron chi connectivity index (χ1n) is 2.35. The SMILES string of the molecule is C=CC=C.CC(C)=O. The Kier molecular flexibility index (Phi) is 12.1. The van der Waals surface area contributed by atoms with Crippen molar-refractivity contribution in [2.45, 2.75) is 13.8 Å². The van der Waals surface area contributed by atoms with Gasteiger partial charge in [0.05, 0.1) is 0 Å². The summed E-state index contributed by atoms with van der Waals surface area (Å²) in [5, 5.41) is 0. The molecule has 0 bridgehead atoms. The van der Waals surface area contributed by atoms with Crippen LogP contribution in [0.4, 0.5) is 0 Å². The molecule has 0 unspecified atom stereocenters. The van der Waals surface area contributed by atoms with Gasteiger partial charge in [0, 0.05) is 0 Å². The molecule has 1 nitrogen and oxygen atoms in total. The predicted octanol–water partition coefficient (Wildman–Crippen LogP) is 1.95. The Morgan fingerprint density at radius 1 is 1.25 bits per heavy atom. The second-order valence-electron chi connectivity index (χ2n) is 1.38. The molecule has 0 aromatic carbocycles. The minimum absolute atomic E-state index is 0.167. The van der Waals surface area contributed by atoms with E-state index in [1.54, 1.807) is 12.2 Å². The summed E-state index contributed by atoms with van der Waals surface area (Å²) in [6, 6.07) is 0. The van der Waals surface area contributed by atoms with Gasteiger partial charge in [-0.1, -0.05) is 25.3 Å². The normalized spacial score (nSPS) is 5.75. The van der Waals surface area contributed by atoms with Gasteiger partial charge in [-0.3, -0.25) is 0 Å². The van der Waals surface area contributed by atoms with Crippen LogP contribution in [0.15, 0.2) is 25.3 Å². The van der Waals surface area contributed by atoms with E-state index in [2.05, 4.69) is 13.2 Å². The van der Waals surface area contributed by atoms with E-state index in [9.17, 15) is 4.79 Å². The minimum Gasteiger partial charge on any atom is -0.300 e. The molecule has 0 atom stereocenters. The van der Waals surface area contributed by atoms with Crippen LogP contribution < -0.4 is 0 Å². The van der Waals surface area contributed by atoms with E-state index in [1.165, 1.54) is 13.8 Å². The van der Waals surface area contributed by atoms with Crippen molar-refractivity contribution in [3.8, 4) is 0 Å². The van der Waals surface area contributed by atoms with E-state index in [0.29, 0.717) is 0 Å². The third-order valence-electron chi connectivity index (χ3n) is 0.167. The van der Waals surface area contributed by atoms with Crippen molar-refractivity contribution >= 4 is 5.78 Å². The van der Waals surface area contributed by atoms with Gasteiger partial charge in [0.15, 0.2) is 0 Å². The van der Waals surface area contributed by atoms with Crippen LogP contribution in [-0.4, -0.2) is 5.78 Å². The van der Waals surface area contributed by atoms with Crippen LogP contribution in [-0.2, 0) is 4.79 Å². The Morgan fingerprint density at radius 2 is 1.38 bits per heavy atom. The maximum atomic E-state index is 9.44. The maximum Gasteiger partial charge on any atom is 0.126 e. The van der Waals surface area contributed by atoms with Crippen molar-refractivity contribution in [2.24, 2.45) is 0 Å². The zero-order chi connectivity index (χ0) is 6.99. The number of carbonyl (C=O) groups is 1. The molecule has 0 aliphatic carbocycles. The molecular formula is C7H12O. The van der Waals surface area contributed by atoms with Crippen LogP contribution in [0.5, 0.6) is 0 Å². The summed E-state index contributed by atoms with van der Waals surface area (Å²) >= 11 is 0. The van der Waals surface area contributed by atoms with E-state index in [4.69, 9.17) is 0 Å². The van der Waals surface area contributed by atoms with Crippen LogP contribution >= 0.6 is 0 Å². The van der Waals surface area contributed by atoms with Gasteiger partial charge >= 0.3 is 0 Å². The molecule has 0 heterocycles.